The fourth-order valence-electron chi connectivity index (χ4n) is 1.58. The van der Waals surface area contributed by atoms with Crippen LogP contribution in [0.2, 0.25) is 0 Å². The van der Waals surface area contributed by atoms with Gasteiger partial charge in [-0.05, 0) is 12.8 Å². The van der Waals surface area contributed by atoms with E-state index in [2.05, 4.69) is 4.74 Å². The SMILES string of the molecule is COC(=O)CN(C)C(=O)C1CCCOC1. The van der Waals surface area contributed by atoms with Crippen molar-refractivity contribution in [1.82, 2.24) is 4.90 Å². The molecule has 1 unspecified atom stereocenters. The maximum atomic E-state index is 11.8. The molecule has 1 atom stereocenters. The van der Waals surface area contributed by atoms with Crippen LogP contribution in [0.15, 0.2) is 0 Å². The number of esters is 1. The van der Waals surface area contributed by atoms with Crippen LogP contribution in [0.5, 0.6) is 0 Å². The van der Waals surface area contributed by atoms with Gasteiger partial charge in [0.15, 0.2) is 0 Å². The zero-order valence-electron chi connectivity index (χ0n) is 9.19. The van der Waals surface area contributed by atoms with E-state index >= 15 is 0 Å². The first-order chi connectivity index (χ1) is 7.15. The number of ether oxygens (including phenoxy) is 2. The molecule has 0 bridgehead atoms. The quantitative estimate of drug-likeness (QED) is 0.624. The topological polar surface area (TPSA) is 55.8 Å². The molecule has 0 spiro atoms. The summed E-state index contributed by atoms with van der Waals surface area (Å²) in [6, 6.07) is 0. The van der Waals surface area contributed by atoms with E-state index in [1.165, 1.54) is 12.0 Å². The molecule has 1 fully saturated rings. The fraction of sp³-hybridized carbons (Fsp3) is 0.800. The van der Waals surface area contributed by atoms with Gasteiger partial charge in [0.25, 0.3) is 0 Å². The number of nitrogens with zero attached hydrogens (tertiary/aromatic N) is 1. The number of hydrogen-bond acceptors (Lipinski definition) is 4. The Labute approximate surface area is 89.3 Å². The van der Waals surface area contributed by atoms with E-state index in [0.29, 0.717) is 6.61 Å². The second kappa shape index (κ2) is 5.70. The third-order valence-electron chi connectivity index (χ3n) is 2.48. The molecule has 0 aliphatic carbocycles. The molecule has 1 rings (SSSR count). The zero-order chi connectivity index (χ0) is 11.3. The van der Waals surface area contributed by atoms with Gasteiger partial charge in [-0.1, -0.05) is 0 Å². The molecule has 0 aromatic heterocycles. The summed E-state index contributed by atoms with van der Waals surface area (Å²) in [4.78, 5) is 24.1. The Bertz CT molecular complexity index is 236. The second-order valence-corrected chi connectivity index (χ2v) is 3.68. The van der Waals surface area contributed by atoms with Gasteiger partial charge in [0, 0.05) is 13.7 Å². The lowest BCUT2D eigenvalue weighted by molar-refractivity contribution is -0.149. The minimum Gasteiger partial charge on any atom is -0.468 e. The highest BCUT2D eigenvalue weighted by Crippen LogP contribution is 2.15. The van der Waals surface area contributed by atoms with Crippen LogP contribution in [0.3, 0.4) is 0 Å². The van der Waals surface area contributed by atoms with Crippen molar-refractivity contribution in [2.24, 2.45) is 5.92 Å². The molecule has 5 nitrogen and oxygen atoms in total. The van der Waals surface area contributed by atoms with E-state index in [-0.39, 0.29) is 18.4 Å². The van der Waals surface area contributed by atoms with Gasteiger partial charge >= 0.3 is 5.97 Å². The average Bonchev–Trinajstić information content (AvgIpc) is 2.29. The van der Waals surface area contributed by atoms with Crippen LogP contribution in [0, 0.1) is 5.92 Å². The summed E-state index contributed by atoms with van der Waals surface area (Å²) in [5, 5.41) is 0. The molecule has 0 aromatic rings. The van der Waals surface area contributed by atoms with Crippen LogP contribution in [0.4, 0.5) is 0 Å². The van der Waals surface area contributed by atoms with Gasteiger partial charge in [-0.3, -0.25) is 9.59 Å². The van der Waals surface area contributed by atoms with Gasteiger partial charge in [0.2, 0.25) is 5.91 Å². The lowest BCUT2D eigenvalue weighted by atomic mass is 10.0. The van der Waals surface area contributed by atoms with Crippen molar-refractivity contribution in [3.05, 3.63) is 0 Å². The van der Waals surface area contributed by atoms with Crippen LogP contribution in [-0.4, -0.2) is 50.7 Å². The predicted octanol–water partition coefficient (Wildman–Crippen LogP) is 0.0444. The summed E-state index contributed by atoms with van der Waals surface area (Å²) in [5.41, 5.74) is 0. The molecule has 1 amide bonds. The van der Waals surface area contributed by atoms with Crippen LogP contribution in [-0.2, 0) is 19.1 Å². The molecule has 0 saturated carbocycles. The Balaban J connectivity index is 2.40. The van der Waals surface area contributed by atoms with E-state index in [0.717, 1.165) is 19.4 Å². The Morgan fingerprint density at radius 3 is 2.80 bits per heavy atom. The molecule has 1 heterocycles. The normalized spacial score (nSPS) is 20.8. The Hall–Kier alpha value is -1.10. The standard InChI is InChI=1S/C10H17NO4/c1-11(6-9(12)14-2)10(13)8-4-3-5-15-7-8/h8H,3-7H2,1-2H3. The molecular formula is C10H17NO4. The minimum atomic E-state index is -0.400. The second-order valence-electron chi connectivity index (χ2n) is 3.68. The summed E-state index contributed by atoms with van der Waals surface area (Å²) < 4.78 is 9.72. The first-order valence-electron chi connectivity index (χ1n) is 5.04. The lowest BCUT2D eigenvalue weighted by Crippen LogP contribution is -2.39. The predicted molar refractivity (Wildman–Crippen MR) is 53.2 cm³/mol. The van der Waals surface area contributed by atoms with Gasteiger partial charge in [-0.15, -0.1) is 0 Å². The molecular weight excluding hydrogens is 198 g/mol. The van der Waals surface area contributed by atoms with Gasteiger partial charge in [-0.2, -0.15) is 0 Å². The van der Waals surface area contributed by atoms with E-state index < -0.39 is 5.97 Å². The zero-order valence-corrected chi connectivity index (χ0v) is 9.19. The summed E-state index contributed by atoms with van der Waals surface area (Å²) in [6.45, 7) is 1.20. The third kappa shape index (κ3) is 3.51. The Morgan fingerprint density at radius 1 is 1.53 bits per heavy atom. The van der Waals surface area contributed by atoms with E-state index in [4.69, 9.17) is 4.74 Å². The number of amides is 1. The van der Waals surface area contributed by atoms with Crippen molar-refractivity contribution in [3.8, 4) is 0 Å². The third-order valence-corrected chi connectivity index (χ3v) is 2.48. The van der Waals surface area contributed by atoms with Gasteiger partial charge < -0.3 is 14.4 Å². The summed E-state index contributed by atoms with van der Waals surface area (Å²) in [5.74, 6) is -0.545. The number of hydrogen-bond donors (Lipinski definition) is 0. The summed E-state index contributed by atoms with van der Waals surface area (Å²) in [7, 11) is 2.91. The molecule has 0 aromatic carbocycles. The first-order valence-corrected chi connectivity index (χ1v) is 5.04. The van der Waals surface area contributed by atoms with E-state index in [1.807, 2.05) is 0 Å². The summed E-state index contributed by atoms with van der Waals surface area (Å²) in [6.07, 6.45) is 1.74. The molecule has 1 aliphatic rings. The molecule has 1 saturated heterocycles. The van der Waals surface area contributed by atoms with E-state index in [9.17, 15) is 9.59 Å². The molecule has 1 aliphatic heterocycles. The van der Waals surface area contributed by atoms with Gasteiger partial charge in [-0.25, -0.2) is 0 Å². The van der Waals surface area contributed by atoms with Crippen molar-refractivity contribution >= 4 is 11.9 Å². The number of rotatable bonds is 3. The summed E-state index contributed by atoms with van der Waals surface area (Å²) >= 11 is 0. The average molecular weight is 215 g/mol. The van der Waals surface area contributed by atoms with Gasteiger partial charge in [0.05, 0.1) is 19.6 Å². The smallest absolute Gasteiger partial charge is 0.325 e. The molecule has 5 heteroatoms. The van der Waals surface area contributed by atoms with Crippen molar-refractivity contribution in [1.29, 1.82) is 0 Å². The Morgan fingerprint density at radius 2 is 2.27 bits per heavy atom. The molecule has 0 radical (unpaired) electrons. The lowest BCUT2D eigenvalue weighted by Gasteiger charge is -2.25. The fourth-order valence-corrected chi connectivity index (χ4v) is 1.58. The number of carbonyl (C=O) groups is 2. The van der Waals surface area contributed by atoms with Crippen molar-refractivity contribution < 1.29 is 19.1 Å². The van der Waals surface area contributed by atoms with E-state index in [1.54, 1.807) is 7.05 Å². The number of methoxy groups -OCH3 is 1. The highest BCUT2D eigenvalue weighted by atomic mass is 16.5. The van der Waals surface area contributed by atoms with Crippen molar-refractivity contribution in [2.45, 2.75) is 12.8 Å². The highest BCUT2D eigenvalue weighted by molar-refractivity contribution is 5.83. The van der Waals surface area contributed by atoms with Crippen molar-refractivity contribution in [3.63, 3.8) is 0 Å². The van der Waals surface area contributed by atoms with Crippen LogP contribution >= 0.6 is 0 Å². The van der Waals surface area contributed by atoms with Crippen LogP contribution in [0.25, 0.3) is 0 Å². The number of likely N-dealkylation sites (N-methyl/N-ethyl adjacent to an activating group) is 1. The minimum absolute atomic E-state index is 0.00579. The number of carbonyl (C=O) groups excluding carboxylic acids is 2. The molecule has 15 heavy (non-hydrogen) atoms. The maximum Gasteiger partial charge on any atom is 0.325 e. The maximum absolute atomic E-state index is 11.8. The highest BCUT2D eigenvalue weighted by Gasteiger charge is 2.25. The Kier molecular flexibility index (Phi) is 4.55. The largest absolute Gasteiger partial charge is 0.468 e. The van der Waals surface area contributed by atoms with Crippen LogP contribution in [0.1, 0.15) is 12.8 Å². The molecule has 86 valence electrons. The van der Waals surface area contributed by atoms with Crippen LogP contribution < -0.4 is 0 Å². The molecule has 0 N–H and O–H groups in total. The van der Waals surface area contributed by atoms with Gasteiger partial charge in [0.1, 0.15) is 6.54 Å². The monoisotopic (exact) mass is 215 g/mol. The van der Waals surface area contributed by atoms with Crippen molar-refractivity contribution in [2.75, 3.05) is 33.9 Å². The first kappa shape index (κ1) is 12.0.